The van der Waals surface area contributed by atoms with Crippen molar-refractivity contribution in [2.24, 2.45) is 23.2 Å². The maximum Gasteiger partial charge on any atom is 0.308 e. The van der Waals surface area contributed by atoms with E-state index in [4.69, 9.17) is 21.1 Å². The van der Waals surface area contributed by atoms with E-state index in [-0.39, 0.29) is 24.0 Å². The van der Waals surface area contributed by atoms with Crippen LogP contribution in [0.2, 0.25) is 5.02 Å². The number of esters is 1. The fourth-order valence-electron chi connectivity index (χ4n) is 5.86. The molecule has 4 N–H and O–H groups in total. The molecule has 1 saturated carbocycles. The molecule has 2 heterocycles. The van der Waals surface area contributed by atoms with Crippen molar-refractivity contribution in [3.05, 3.63) is 46.3 Å². The highest BCUT2D eigenvalue weighted by Gasteiger charge is 2.53. The van der Waals surface area contributed by atoms with Crippen LogP contribution in [0.3, 0.4) is 0 Å². The summed E-state index contributed by atoms with van der Waals surface area (Å²) in [6, 6.07) is 8.12. The second-order valence-corrected chi connectivity index (χ2v) is 14.0. The molecule has 9 atom stereocenters. The summed E-state index contributed by atoms with van der Waals surface area (Å²) in [5.74, 6) is 4.94. The van der Waals surface area contributed by atoms with Crippen LogP contribution in [0.15, 0.2) is 36.4 Å². The Morgan fingerprint density at radius 3 is 2.61 bits per heavy atom. The number of aliphatic hydroxyl groups is 4. The highest BCUT2D eigenvalue weighted by Crippen LogP contribution is 2.44. The molecular formula is C34H43ClO8S. The van der Waals surface area contributed by atoms with E-state index in [2.05, 4.69) is 30.9 Å². The lowest BCUT2D eigenvalue weighted by atomic mass is 9.86. The Labute approximate surface area is 268 Å². The van der Waals surface area contributed by atoms with Gasteiger partial charge in [-0.25, -0.2) is 0 Å². The summed E-state index contributed by atoms with van der Waals surface area (Å²) in [5, 5.41) is 42.6. The third-order valence-corrected chi connectivity index (χ3v) is 10.6. The van der Waals surface area contributed by atoms with Crippen LogP contribution in [0.1, 0.15) is 64.7 Å². The zero-order valence-corrected chi connectivity index (χ0v) is 27.2. The summed E-state index contributed by atoms with van der Waals surface area (Å²) < 4.78 is 11.6. The van der Waals surface area contributed by atoms with E-state index in [1.54, 1.807) is 25.2 Å². The third-order valence-electron chi connectivity index (χ3n) is 8.82. The van der Waals surface area contributed by atoms with E-state index >= 15 is 0 Å². The van der Waals surface area contributed by atoms with Crippen LogP contribution in [-0.2, 0) is 25.5 Å². The molecule has 1 aromatic heterocycles. The van der Waals surface area contributed by atoms with Crippen LogP contribution < -0.4 is 0 Å². The fourth-order valence-corrected chi connectivity index (χ4v) is 7.40. The average Bonchev–Trinajstić information content (AvgIpc) is 3.40. The summed E-state index contributed by atoms with van der Waals surface area (Å²) in [4.78, 5) is 26.6. The normalized spacial score (nSPS) is 30.8. The molecular weight excluding hydrogens is 604 g/mol. The number of thiophene rings is 1. The van der Waals surface area contributed by atoms with Gasteiger partial charge < -0.3 is 29.9 Å². The van der Waals surface area contributed by atoms with Crippen LogP contribution in [0.25, 0.3) is 10.1 Å². The predicted octanol–water partition coefficient (Wildman–Crippen LogP) is 4.82. The first-order chi connectivity index (χ1) is 20.8. The van der Waals surface area contributed by atoms with Crippen molar-refractivity contribution in [1.29, 1.82) is 0 Å². The largest absolute Gasteiger partial charge is 0.433 e. The number of carbonyl (C=O) groups is 2. The van der Waals surface area contributed by atoms with E-state index in [0.717, 1.165) is 23.3 Å². The van der Waals surface area contributed by atoms with Crippen molar-refractivity contribution in [1.82, 2.24) is 0 Å². The number of carbonyl (C=O) groups excluding carboxylic acids is 2. The van der Waals surface area contributed by atoms with Gasteiger partial charge in [-0.3, -0.25) is 9.59 Å². The molecule has 8 nitrogen and oxygen atoms in total. The van der Waals surface area contributed by atoms with E-state index in [1.165, 1.54) is 16.5 Å². The number of Topliss-reactive ketones (excluding diaryl/α,β-unsaturated/α-hetero) is 1. The second-order valence-electron chi connectivity index (χ2n) is 12.5. The average molecular weight is 647 g/mol. The monoisotopic (exact) mass is 646 g/mol. The number of unbranched alkanes of at least 4 members (excludes halogenated alkanes) is 1. The summed E-state index contributed by atoms with van der Waals surface area (Å²) in [6.07, 6.45) is -0.318. The standard InChI is InChI=1S/C34H43ClO8S/c1-19(16-18-25-27(35)23-12-9-10-13-24(23)44-25)15-17-22-21(31(40)34(3,4)32(22)41)11-7-5-6-8-14-26(36)43-33-30(39)29(38)28(37)20(2)42-33/h9-10,12-13,15,17,19-22,28-30,32-33,37-39,41H,6,8,11,14,16,18H2,1-4H3/b17-15+/t19?,20-,21-,22-,28-,29+,30-,32+,33?/m1/s1. The number of allylic oxidation sites excluding steroid dienone is 1. The van der Waals surface area contributed by atoms with Gasteiger partial charge in [-0.2, -0.15) is 0 Å². The molecule has 1 aromatic carbocycles. The van der Waals surface area contributed by atoms with Crippen molar-refractivity contribution >= 4 is 44.8 Å². The van der Waals surface area contributed by atoms with E-state index < -0.39 is 54.1 Å². The molecule has 2 aromatic rings. The van der Waals surface area contributed by atoms with Gasteiger partial charge in [-0.15, -0.1) is 23.2 Å². The van der Waals surface area contributed by atoms with Gasteiger partial charge in [0.1, 0.15) is 24.1 Å². The van der Waals surface area contributed by atoms with Gasteiger partial charge in [0.05, 0.1) is 22.6 Å². The van der Waals surface area contributed by atoms with Crippen molar-refractivity contribution in [3.8, 4) is 11.8 Å². The van der Waals surface area contributed by atoms with Gasteiger partial charge in [-0.1, -0.05) is 62.7 Å². The number of hydrogen-bond acceptors (Lipinski definition) is 9. The number of hydrogen-bond donors (Lipinski definition) is 4. The Morgan fingerprint density at radius 1 is 1.16 bits per heavy atom. The molecule has 0 amide bonds. The van der Waals surface area contributed by atoms with Crippen LogP contribution in [0.4, 0.5) is 0 Å². The van der Waals surface area contributed by atoms with Crippen LogP contribution in [-0.4, -0.2) is 69.0 Å². The first-order valence-electron chi connectivity index (χ1n) is 15.2. The molecule has 44 heavy (non-hydrogen) atoms. The molecule has 0 bridgehead atoms. The highest BCUT2D eigenvalue weighted by atomic mass is 35.5. The Bertz CT molecular complexity index is 1410. The number of ether oxygens (including phenoxy) is 2. The number of halogens is 1. The minimum atomic E-state index is -1.54. The van der Waals surface area contributed by atoms with Crippen molar-refractivity contribution in [3.63, 3.8) is 0 Å². The first-order valence-corrected chi connectivity index (χ1v) is 16.4. The van der Waals surface area contributed by atoms with Crippen molar-refractivity contribution < 1.29 is 39.5 Å². The Hall–Kier alpha value is -2.29. The Morgan fingerprint density at radius 2 is 1.89 bits per heavy atom. The minimum absolute atomic E-state index is 0.00480. The Kier molecular flexibility index (Phi) is 11.7. The van der Waals surface area contributed by atoms with Crippen LogP contribution in [0, 0.1) is 35.0 Å². The molecule has 1 aliphatic heterocycles. The summed E-state index contributed by atoms with van der Waals surface area (Å²) >= 11 is 8.34. The van der Waals surface area contributed by atoms with Crippen molar-refractivity contribution in [2.75, 3.05) is 0 Å². The topological polar surface area (TPSA) is 134 Å². The number of aliphatic hydroxyl groups excluding tert-OH is 4. The molecule has 0 radical (unpaired) electrons. The quantitative estimate of drug-likeness (QED) is 0.125. The molecule has 2 unspecified atom stereocenters. The van der Waals surface area contributed by atoms with Gasteiger partial charge in [0.25, 0.3) is 0 Å². The molecule has 2 fully saturated rings. The number of aryl methyl sites for hydroxylation is 1. The molecule has 4 rings (SSSR count). The summed E-state index contributed by atoms with van der Waals surface area (Å²) in [7, 11) is 0. The lowest BCUT2D eigenvalue weighted by Gasteiger charge is -2.38. The lowest BCUT2D eigenvalue weighted by Crippen LogP contribution is -2.57. The second kappa shape index (κ2) is 14.9. The van der Waals surface area contributed by atoms with Crippen LogP contribution in [0.5, 0.6) is 0 Å². The Balaban J connectivity index is 1.26. The third kappa shape index (κ3) is 7.73. The molecule has 0 spiro atoms. The highest BCUT2D eigenvalue weighted by molar-refractivity contribution is 7.19. The smallest absolute Gasteiger partial charge is 0.308 e. The van der Waals surface area contributed by atoms with Crippen molar-refractivity contribution in [2.45, 2.75) is 103 Å². The molecule has 2 aliphatic rings. The number of ketones is 1. The molecule has 1 aliphatic carbocycles. The maximum absolute atomic E-state index is 13.2. The van der Waals surface area contributed by atoms with Gasteiger partial charge in [0, 0.05) is 46.1 Å². The van der Waals surface area contributed by atoms with Gasteiger partial charge in [-0.05, 0) is 38.2 Å². The zero-order valence-electron chi connectivity index (χ0n) is 25.6. The van der Waals surface area contributed by atoms with E-state index in [1.807, 2.05) is 24.3 Å². The molecule has 10 heteroatoms. The fraction of sp³-hybridized carbons (Fsp3) is 0.588. The predicted molar refractivity (Wildman–Crippen MR) is 170 cm³/mol. The number of rotatable bonds is 10. The van der Waals surface area contributed by atoms with Crippen LogP contribution >= 0.6 is 22.9 Å². The SMILES string of the molecule is CC(/C=C/[C@@H]1[C@@H](CC#CCCCC(=O)OC2O[C@H](C)[C@@H](O)[C@H](O)[C@H]2O)C(=O)C(C)(C)[C@H]1O)CCc1sc2ccccc2c1Cl. The number of fused-ring (bicyclic) bond motifs is 1. The van der Waals surface area contributed by atoms with E-state index in [9.17, 15) is 30.0 Å². The van der Waals surface area contributed by atoms with Gasteiger partial charge in [0.2, 0.25) is 6.29 Å². The molecule has 1 saturated heterocycles. The molecule has 240 valence electrons. The lowest BCUT2D eigenvalue weighted by molar-refractivity contribution is -0.284. The first kappa shape index (κ1) is 34.6. The summed E-state index contributed by atoms with van der Waals surface area (Å²) in [5.41, 5.74) is -0.869. The minimum Gasteiger partial charge on any atom is -0.433 e. The number of benzene rings is 1. The van der Waals surface area contributed by atoms with E-state index in [0.29, 0.717) is 19.3 Å². The maximum atomic E-state index is 13.2. The van der Waals surface area contributed by atoms with Gasteiger partial charge in [0.15, 0.2) is 0 Å². The van der Waals surface area contributed by atoms with Gasteiger partial charge >= 0.3 is 5.97 Å². The summed E-state index contributed by atoms with van der Waals surface area (Å²) in [6.45, 7) is 7.19. The zero-order chi connectivity index (χ0) is 32.2.